The summed E-state index contributed by atoms with van der Waals surface area (Å²) in [6.07, 6.45) is 4.27. The van der Waals surface area contributed by atoms with E-state index in [1.54, 1.807) is 0 Å². The molecule has 8 heteroatoms. The molecule has 1 aromatic heterocycles. The molecule has 15 heavy (non-hydrogen) atoms. The van der Waals surface area contributed by atoms with Gasteiger partial charge < -0.3 is 5.32 Å². The number of aliphatic imine (C=N–C) groups is 1. The van der Waals surface area contributed by atoms with Crippen molar-refractivity contribution in [1.29, 1.82) is 0 Å². The van der Waals surface area contributed by atoms with Gasteiger partial charge in [0.25, 0.3) is 0 Å². The van der Waals surface area contributed by atoms with Crippen LogP contribution in [0.4, 0.5) is 10.7 Å². The molecule has 2 N–H and O–H groups in total. The van der Waals surface area contributed by atoms with Crippen LogP contribution in [0, 0.1) is 0 Å². The van der Waals surface area contributed by atoms with Crippen LogP contribution in [-0.2, 0) is 4.79 Å². The number of carbonyl (C=O) groups excluding carboxylic acids is 2. The molecule has 0 saturated heterocycles. The zero-order valence-corrected chi connectivity index (χ0v) is 8.98. The van der Waals surface area contributed by atoms with Gasteiger partial charge in [-0.2, -0.15) is 4.99 Å². The zero-order chi connectivity index (χ0) is 11.1. The molecule has 0 unspecified atom stereocenters. The third-order valence-electron chi connectivity index (χ3n) is 1.23. The number of anilines is 1. The second-order valence-electron chi connectivity index (χ2n) is 2.26. The molecule has 0 saturated carbocycles. The van der Waals surface area contributed by atoms with Crippen molar-refractivity contribution in [2.45, 2.75) is 0 Å². The SMILES string of the molecule is O=C=NCNC(=O)Nc1ncc(Br)cn1. The predicted molar refractivity (Wildman–Crippen MR) is 54.9 cm³/mol. The van der Waals surface area contributed by atoms with Crippen LogP contribution in [0.5, 0.6) is 0 Å². The number of halogens is 1. The van der Waals surface area contributed by atoms with E-state index in [1.165, 1.54) is 18.5 Å². The first-order valence-corrected chi connectivity index (χ1v) is 4.57. The maximum Gasteiger partial charge on any atom is 0.323 e. The fourth-order valence-corrected chi connectivity index (χ4v) is 0.871. The summed E-state index contributed by atoms with van der Waals surface area (Å²) in [5, 5.41) is 4.62. The van der Waals surface area contributed by atoms with Gasteiger partial charge in [0.1, 0.15) is 6.67 Å². The Hall–Kier alpha value is -1.79. The molecule has 1 heterocycles. The minimum absolute atomic E-state index is 0.133. The number of nitrogens with one attached hydrogen (secondary N) is 2. The van der Waals surface area contributed by atoms with Crippen LogP contribution in [0.15, 0.2) is 21.9 Å². The Kier molecular flexibility index (Phi) is 4.39. The minimum Gasteiger partial charge on any atom is -0.318 e. The molecule has 1 aromatic rings. The van der Waals surface area contributed by atoms with Gasteiger partial charge in [0, 0.05) is 12.4 Å². The fraction of sp³-hybridized carbons (Fsp3) is 0.143. The van der Waals surface area contributed by atoms with Gasteiger partial charge in [0.05, 0.1) is 4.47 Å². The number of hydrogen-bond acceptors (Lipinski definition) is 5. The second-order valence-corrected chi connectivity index (χ2v) is 3.18. The van der Waals surface area contributed by atoms with Crippen LogP contribution < -0.4 is 10.6 Å². The quantitative estimate of drug-likeness (QED) is 0.623. The molecule has 0 aliphatic rings. The Labute approximate surface area is 93.2 Å². The fourth-order valence-electron chi connectivity index (χ4n) is 0.666. The van der Waals surface area contributed by atoms with E-state index in [0.717, 1.165) is 0 Å². The lowest BCUT2D eigenvalue weighted by atomic mass is 10.7. The lowest BCUT2D eigenvalue weighted by molar-refractivity contribution is 0.252. The van der Waals surface area contributed by atoms with Gasteiger partial charge in [-0.1, -0.05) is 0 Å². The average molecular weight is 272 g/mol. The van der Waals surface area contributed by atoms with Crippen molar-refractivity contribution in [2.24, 2.45) is 4.99 Å². The van der Waals surface area contributed by atoms with Gasteiger partial charge in [-0.05, 0) is 15.9 Å². The largest absolute Gasteiger partial charge is 0.323 e. The Morgan fingerprint density at radius 2 is 2.20 bits per heavy atom. The summed E-state index contributed by atoms with van der Waals surface area (Å²) >= 11 is 3.15. The van der Waals surface area contributed by atoms with Gasteiger partial charge in [0.15, 0.2) is 0 Å². The van der Waals surface area contributed by atoms with Crippen molar-refractivity contribution < 1.29 is 9.59 Å². The van der Waals surface area contributed by atoms with Gasteiger partial charge in [-0.15, -0.1) is 0 Å². The lowest BCUT2D eigenvalue weighted by Crippen LogP contribution is -2.29. The molecular formula is C7H6BrN5O2. The Balaban J connectivity index is 2.44. The van der Waals surface area contributed by atoms with Crippen LogP contribution in [0.25, 0.3) is 0 Å². The molecule has 0 atom stereocenters. The van der Waals surface area contributed by atoms with E-state index in [4.69, 9.17) is 0 Å². The standard InChI is InChI=1S/C7H6BrN5O2/c8-5-1-10-6(11-2-5)13-7(15)12-3-9-4-14/h1-2H,3H2,(H2,10,11,12,13,15). The number of carbonyl (C=O) groups is 1. The number of rotatable bonds is 3. The van der Waals surface area contributed by atoms with Gasteiger partial charge in [-0.25, -0.2) is 19.6 Å². The van der Waals surface area contributed by atoms with E-state index < -0.39 is 6.03 Å². The van der Waals surface area contributed by atoms with E-state index in [1.807, 2.05) is 0 Å². The second kappa shape index (κ2) is 5.84. The van der Waals surface area contributed by atoms with E-state index in [-0.39, 0.29) is 12.6 Å². The molecule has 0 aromatic carbocycles. The third-order valence-corrected chi connectivity index (χ3v) is 1.64. The summed E-state index contributed by atoms with van der Waals surface area (Å²) in [6.45, 7) is -0.133. The number of aromatic nitrogens is 2. The number of hydrogen-bond donors (Lipinski definition) is 2. The minimum atomic E-state index is -0.545. The maximum absolute atomic E-state index is 11.1. The molecule has 0 fully saturated rings. The summed E-state index contributed by atoms with van der Waals surface area (Å²) in [7, 11) is 0. The monoisotopic (exact) mass is 271 g/mol. The van der Waals surface area contributed by atoms with Gasteiger partial charge in [-0.3, -0.25) is 5.32 Å². The molecule has 7 nitrogen and oxygen atoms in total. The van der Waals surface area contributed by atoms with Gasteiger partial charge >= 0.3 is 6.03 Å². The molecule has 78 valence electrons. The summed E-state index contributed by atoms with van der Waals surface area (Å²) in [4.78, 5) is 31.5. The van der Waals surface area contributed by atoms with Gasteiger partial charge in [0.2, 0.25) is 12.0 Å². The van der Waals surface area contributed by atoms with E-state index in [9.17, 15) is 9.59 Å². The molecule has 0 bridgehead atoms. The predicted octanol–water partition coefficient (Wildman–Crippen LogP) is 0.654. The zero-order valence-electron chi connectivity index (χ0n) is 7.40. The van der Waals surface area contributed by atoms with Crippen LogP contribution >= 0.6 is 15.9 Å². The van der Waals surface area contributed by atoms with E-state index in [0.29, 0.717) is 4.47 Å². The first kappa shape index (κ1) is 11.3. The van der Waals surface area contributed by atoms with Crippen molar-refractivity contribution in [3.05, 3.63) is 16.9 Å². The van der Waals surface area contributed by atoms with Crippen molar-refractivity contribution in [2.75, 3.05) is 12.0 Å². The molecular weight excluding hydrogens is 266 g/mol. The maximum atomic E-state index is 11.1. The first-order chi connectivity index (χ1) is 7.22. The number of amides is 2. The van der Waals surface area contributed by atoms with Crippen molar-refractivity contribution in [3.63, 3.8) is 0 Å². The van der Waals surface area contributed by atoms with Crippen molar-refractivity contribution >= 4 is 34.0 Å². The highest BCUT2D eigenvalue weighted by Crippen LogP contribution is 2.06. The number of nitrogens with zero attached hydrogens (tertiary/aromatic N) is 3. The summed E-state index contributed by atoms with van der Waals surface area (Å²) in [6, 6.07) is -0.545. The first-order valence-electron chi connectivity index (χ1n) is 3.78. The van der Waals surface area contributed by atoms with Crippen LogP contribution in [-0.4, -0.2) is 28.7 Å². The summed E-state index contributed by atoms with van der Waals surface area (Å²) < 4.78 is 0.707. The van der Waals surface area contributed by atoms with E-state index >= 15 is 0 Å². The molecule has 0 aliphatic carbocycles. The highest BCUT2D eigenvalue weighted by Gasteiger charge is 2.01. The highest BCUT2D eigenvalue weighted by molar-refractivity contribution is 9.10. The summed E-state index contributed by atoms with van der Waals surface area (Å²) in [5.74, 6) is 0.158. The Morgan fingerprint density at radius 3 is 2.80 bits per heavy atom. The average Bonchev–Trinajstić information content (AvgIpc) is 2.22. The lowest BCUT2D eigenvalue weighted by Gasteiger charge is -2.02. The van der Waals surface area contributed by atoms with Crippen LogP contribution in [0.1, 0.15) is 0 Å². The van der Waals surface area contributed by atoms with Crippen molar-refractivity contribution in [1.82, 2.24) is 15.3 Å². The Bertz CT molecular complexity index is 387. The Morgan fingerprint density at radius 1 is 1.53 bits per heavy atom. The molecule has 2 amide bonds. The molecule has 0 radical (unpaired) electrons. The number of isocyanates is 1. The summed E-state index contributed by atoms with van der Waals surface area (Å²) in [5.41, 5.74) is 0. The third kappa shape index (κ3) is 4.30. The normalized spacial score (nSPS) is 8.87. The van der Waals surface area contributed by atoms with E-state index in [2.05, 4.69) is 41.5 Å². The molecule has 0 aliphatic heterocycles. The topological polar surface area (TPSA) is 96.3 Å². The van der Waals surface area contributed by atoms with Crippen molar-refractivity contribution in [3.8, 4) is 0 Å². The van der Waals surface area contributed by atoms with Crippen LogP contribution in [0.3, 0.4) is 0 Å². The molecule has 1 rings (SSSR count). The molecule has 0 spiro atoms. The van der Waals surface area contributed by atoms with Crippen LogP contribution in [0.2, 0.25) is 0 Å². The smallest absolute Gasteiger partial charge is 0.318 e. The highest BCUT2D eigenvalue weighted by atomic mass is 79.9. The number of urea groups is 1.